The first-order valence-corrected chi connectivity index (χ1v) is 9.57. The van der Waals surface area contributed by atoms with Gasteiger partial charge in [-0.05, 0) is 44.6 Å². The lowest BCUT2D eigenvalue weighted by Crippen LogP contribution is -2.51. The molecular formula is C20H33FN4O2. The summed E-state index contributed by atoms with van der Waals surface area (Å²) in [6, 6.07) is 6.55. The van der Waals surface area contributed by atoms with E-state index in [9.17, 15) is 4.39 Å². The number of nitrogens with zero attached hydrogens (tertiary/aromatic N) is 3. The van der Waals surface area contributed by atoms with E-state index in [0.717, 1.165) is 50.7 Å². The summed E-state index contributed by atoms with van der Waals surface area (Å²) in [5.74, 6) is 0.657. The number of ether oxygens (including phenoxy) is 2. The average molecular weight is 381 g/mol. The molecule has 1 aliphatic rings. The molecule has 1 saturated heterocycles. The van der Waals surface area contributed by atoms with Gasteiger partial charge in [-0.15, -0.1) is 0 Å². The van der Waals surface area contributed by atoms with Crippen molar-refractivity contribution < 1.29 is 13.9 Å². The Morgan fingerprint density at radius 2 is 2.07 bits per heavy atom. The van der Waals surface area contributed by atoms with Crippen LogP contribution in [0, 0.1) is 5.82 Å². The van der Waals surface area contributed by atoms with Crippen LogP contribution >= 0.6 is 0 Å². The van der Waals surface area contributed by atoms with Crippen LogP contribution in [-0.2, 0) is 9.47 Å². The number of morpholine rings is 1. The summed E-state index contributed by atoms with van der Waals surface area (Å²) in [7, 11) is 5.63. The van der Waals surface area contributed by atoms with Crippen molar-refractivity contribution in [2.24, 2.45) is 4.99 Å². The van der Waals surface area contributed by atoms with Crippen LogP contribution in [0.1, 0.15) is 25.0 Å². The number of hydrogen-bond acceptors (Lipinski definition) is 4. The number of aliphatic imine (C=N–C) groups is 1. The monoisotopic (exact) mass is 380 g/mol. The molecule has 7 heteroatoms. The molecule has 1 fully saturated rings. The van der Waals surface area contributed by atoms with Crippen LogP contribution < -0.4 is 5.32 Å². The van der Waals surface area contributed by atoms with Crippen molar-refractivity contribution in [3.8, 4) is 0 Å². The minimum atomic E-state index is -0.229. The van der Waals surface area contributed by atoms with Crippen molar-refractivity contribution in [2.75, 3.05) is 60.5 Å². The van der Waals surface area contributed by atoms with Crippen LogP contribution in [-0.4, -0.2) is 82.4 Å². The van der Waals surface area contributed by atoms with Crippen molar-refractivity contribution in [2.45, 2.75) is 25.6 Å². The number of benzene rings is 1. The quantitative estimate of drug-likeness (QED) is 0.425. The fourth-order valence-corrected chi connectivity index (χ4v) is 3.23. The summed E-state index contributed by atoms with van der Waals surface area (Å²) >= 11 is 0. The van der Waals surface area contributed by atoms with E-state index >= 15 is 0 Å². The third-order valence-corrected chi connectivity index (χ3v) is 4.69. The van der Waals surface area contributed by atoms with Gasteiger partial charge in [-0.25, -0.2) is 4.39 Å². The zero-order valence-corrected chi connectivity index (χ0v) is 16.9. The molecule has 0 spiro atoms. The van der Waals surface area contributed by atoms with E-state index < -0.39 is 0 Å². The van der Waals surface area contributed by atoms with Crippen LogP contribution in [0.15, 0.2) is 29.3 Å². The maximum Gasteiger partial charge on any atom is 0.193 e. The summed E-state index contributed by atoms with van der Waals surface area (Å²) in [4.78, 5) is 8.92. The predicted octanol–water partition coefficient (Wildman–Crippen LogP) is 2.13. The van der Waals surface area contributed by atoms with Crippen molar-refractivity contribution in [1.29, 1.82) is 0 Å². The maximum atomic E-state index is 13.2. The molecule has 2 rings (SSSR count). The largest absolute Gasteiger partial charge is 0.383 e. The minimum absolute atomic E-state index is 0.0764. The van der Waals surface area contributed by atoms with Gasteiger partial charge in [0.1, 0.15) is 11.9 Å². The van der Waals surface area contributed by atoms with Gasteiger partial charge in [-0.2, -0.15) is 0 Å². The Morgan fingerprint density at radius 3 is 2.74 bits per heavy atom. The Hall–Kier alpha value is -1.70. The van der Waals surface area contributed by atoms with Gasteiger partial charge in [0, 0.05) is 33.8 Å². The summed E-state index contributed by atoms with van der Waals surface area (Å²) in [5, 5.41) is 3.45. The van der Waals surface area contributed by atoms with Crippen molar-refractivity contribution in [3.05, 3.63) is 35.6 Å². The molecule has 27 heavy (non-hydrogen) atoms. The second kappa shape index (κ2) is 11.2. The fraction of sp³-hybridized carbons (Fsp3) is 0.650. The lowest BCUT2D eigenvalue weighted by Gasteiger charge is -2.38. The summed E-state index contributed by atoms with van der Waals surface area (Å²) in [6.07, 6.45) is 1.01. The van der Waals surface area contributed by atoms with Gasteiger partial charge < -0.3 is 24.6 Å². The highest BCUT2D eigenvalue weighted by atomic mass is 19.1. The van der Waals surface area contributed by atoms with Gasteiger partial charge in [-0.3, -0.25) is 4.99 Å². The van der Waals surface area contributed by atoms with Crippen LogP contribution in [0.5, 0.6) is 0 Å². The second-order valence-electron chi connectivity index (χ2n) is 7.02. The molecule has 0 aliphatic carbocycles. The second-order valence-corrected chi connectivity index (χ2v) is 7.02. The Kier molecular flexibility index (Phi) is 8.97. The summed E-state index contributed by atoms with van der Waals surface area (Å²) in [5.41, 5.74) is 0.989. The number of methoxy groups -OCH3 is 1. The van der Waals surface area contributed by atoms with E-state index in [4.69, 9.17) is 9.47 Å². The topological polar surface area (TPSA) is 49.3 Å². The SMILES string of the molecule is CN=C(NCCCN(C)CCOC)N1CC(C)OC(c2ccc(F)cc2)C1. The molecule has 0 radical (unpaired) electrons. The molecule has 1 N–H and O–H groups in total. The molecule has 1 heterocycles. The fourth-order valence-electron chi connectivity index (χ4n) is 3.23. The van der Waals surface area contributed by atoms with E-state index in [1.165, 1.54) is 12.1 Å². The molecule has 1 aromatic rings. The first kappa shape index (κ1) is 21.6. The van der Waals surface area contributed by atoms with Gasteiger partial charge in [0.25, 0.3) is 0 Å². The smallest absolute Gasteiger partial charge is 0.193 e. The third kappa shape index (κ3) is 7.08. The molecule has 2 atom stereocenters. The Balaban J connectivity index is 1.85. The van der Waals surface area contributed by atoms with Gasteiger partial charge in [0.2, 0.25) is 0 Å². The molecule has 2 unspecified atom stereocenters. The van der Waals surface area contributed by atoms with E-state index in [0.29, 0.717) is 6.54 Å². The van der Waals surface area contributed by atoms with Crippen molar-refractivity contribution in [1.82, 2.24) is 15.1 Å². The summed E-state index contributed by atoms with van der Waals surface area (Å²) in [6.45, 7) is 7.09. The zero-order valence-electron chi connectivity index (χ0n) is 16.9. The highest BCUT2D eigenvalue weighted by molar-refractivity contribution is 5.80. The normalized spacial score (nSPS) is 21.0. The number of halogens is 1. The molecule has 1 aromatic carbocycles. The number of guanidine groups is 1. The number of rotatable bonds is 8. The van der Waals surface area contributed by atoms with Crippen LogP contribution in [0.2, 0.25) is 0 Å². The van der Waals surface area contributed by atoms with E-state index in [-0.39, 0.29) is 18.0 Å². The molecule has 0 amide bonds. The standard InChI is InChI=1S/C20H33FN4O2/c1-16-14-25(15-19(27-16)17-6-8-18(21)9-7-17)20(22-2)23-10-5-11-24(3)12-13-26-4/h6-9,16,19H,5,10-15H2,1-4H3,(H,22,23). The first-order valence-electron chi connectivity index (χ1n) is 9.57. The van der Waals surface area contributed by atoms with Gasteiger partial charge in [0.15, 0.2) is 5.96 Å². The average Bonchev–Trinajstić information content (AvgIpc) is 2.66. The molecule has 1 aliphatic heterocycles. The molecule has 0 saturated carbocycles. The van der Waals surface area contributed by atoms with Gasteiger partial charge >= 0.3 is 0 Å². The number of likely N-dealkylation sites (N-methyl/N-ethyl adjacent to an activating group) is 1. The van der Waals surface area contributed by atoms with Gasteiger partial charge in [-0.1, -0.05) is 12.1 Å². The lowest BCUT2D eigenvalue weighted by molar-refractivity contribution is -0.0605. The number of nitrogens with one attached hydrogen (secondary N) is 1. The maximum absolute atomic E-state index is 13.2. The van der Waals surface area contributed by atoms with Gasteiger partial charge in [0.05, 0.1) is 19.3 Å². The Bertz CT molecular complexity index is 582. The van der Waals surface area contributed by atoms with Crippen LogP contribution in [0.25, 0.3) is 0 Å². The molecule has 0 bridgehead atoms. The minimum Gasteiger partial charge on any atom is -0.383 e. The third-order valence-electron chi connectivity index (χ3n) is 4.69. The highest BCUT2D eigenvalue weighted by Crippen LogP contribution is 2.25. The zero-order chi connectivity index (χ0) is 19.6. The van der Waals surface area contributed by atoms with Crippen molar-refractivity contribution in [3.63, 3.8) is 0 Å². The van der Waals surface area contributed by atoms with E-state index in [2.05, 4.69) is 34.1 Å². The van der Waals surface area contributed by atoms with Crippen LogP contribution in [0.4, 0.5) is 4.39 Å². The first-order chi connectivity index (χ1) is 13.0. The molecular weight excluding hydrogens is 347 g/mol. The molecule has 6 nitrogen and oxygen atoms in total. The highest BCUT2D eigenvalue weighted by Gasteiger charge is 2.28. The van der Waals surface area contributed by atoms with Crippen LogP contribution in [0.3, 0.4) is 0 Å². The Labute approximate surface area is 162 Å². The molecule has 152 valence electrons. The molecule has 0 aromatic heterocycles. The van der Waals surface area contributed by atoms with E-state index in [1.807, 2.05) is 0 Å². The van der Waals surface area contributed by atoms with Crippen molar-refractivity contribution >= 4 is 5.96 Å². The predicted molar refractivity (Wildman–Crippen MR) is 107 cm³/mol. The Morgan fingerprint density at radius 1 is 1.33 bits per heavy atom. The van der Waals surface area contributed by atoms with E-state index in [1.54, 1.807) is 26.3 Å². The lowest BCUT2D eigenvalue weighted by atomic mass is 10.1. The summed E-state index contributed by atoms with van der Waals surface area (Å²) < 4.78 is 24.4. The number of hydrogen-bond donors (Lipinski definition) is 1.